The van der Waals surface area contributed by atoms with E-state index in [0.717, 1.165) is 4.90 Å². The van der Waals surface area contributed by atoms with Crippen LogP contribution in [0.3, 0.4) is 0 Å². The molecular formula is C25H25N3O6. The van der Waals surface area contributed by atoms with Gasteiger partial charge in [0.25, 0.3) is 5.91 Å². The fraction of sp³-hybridized carbons (Fsp3) is 0.360. The normalized spacial score (nSPS) is 23.9. The Bertz CT molecular complexity index is 1360. The van der Waals surface area contributed by atoms with Crippen molar-refractivity contribution in [2.24, 2.45) is 0 Å². The van der Waals surface area contributed by atoms with Crippen LogP contribution in [0.4, 0.5) is 0 Å². The number of amides is 4. The highest BCUT2D eigenvalue weighted by Gasteiger charge is 2.40. The van der Waals surface area contributed by atoms with Crippen LogP contribution in [0.5, 0.6) is 5.75 Å². The summed E-state index contributed by atoms with van der Waals surface area (Å²) in [4.78, 5) is 51.4. The number of piperidine rings is 1. The van der Waals surface area contributed by atoms with Crippen LogP contribution in [-0.2, 0) is 38.7 Å². The number of morpholine rings is 1. The Labute approximate surface area is 203 Å². The molecule has 4 amide bonds. The highest BCUT2D eigenvalue weighted by molar-refractivity contribution is 6.05. The summed E-state index contributed by atoms with van der Waals surface area (Å²) in [6, 6.07) is 5.65. The quantitative estimate of drug-likeness (QED) is 0.643. The van der Waals surface area contributed by atoms with Crippen molar-refractivity contribution in [3.63, 3.8) is 0 Å². The van der Waals surface area contributed by atoms with Crippen molar-refractivity contribution >= 4 is 23.6 Å². The topological polar surface area (TPSA) is 105 Å². The second kappa shape index (κ2) is 9.26. The molecule has 2 aromatic rings. The van der Waals surface area contributed by atoms with Gasteiger partial charge in [-0.05, 0) is 29.7 Å². The summed E-state index contributed by atoms with van der Waals surface area (Å²) in [6.45, 7) is -3.97. The molecule has 176 valence electrons. The van der Waals surface area contributed by atoms with Crippen LogP contribution in [0.2, 0.25) is 0 Å². The molecular weight excluding hydrogens is 438 g/mol. The fourth-order valence-electron chi connectivity index (χ4n) is 4.10. The van der Waals surface area contributed by atoms with E-state index in [1.807, 2.05) is 0 Å². The van der Waals surface area contributed by atoms with Gasteiger partial charge in [-0.1, -0.05) is 30.3 Å². The molecule has 0 radical (unpaired) electrons. The van der Waals surface area contributed by atoms with Gasteiger partial charge in [-0.25, -0.2) is 0 Å². The average Bonchev–Trinajstić information content (AvgIpc) is 3.20. The zero-order valence-corrected chi connectivity index (χ0v) is 18.1. The van der Waals surface area contributed by atoms with E-state index < -0.39 is 36.8 Å². The Morgan fingerprint density at radius 3 is 2.74 bits per heavy atom. The summed E-state index contributed by atoms with van der Waals surface area (Å²) in [5.41, 5.74) is 0.590. The van der Waals surface area contributed by atoms with Crippen molar-refractivity contribution in [3.05, 3.63) is 64.7 Å². The standard InChI is InChI=1S/C25H25N3O6/c29-22-9-8-20(24(31)26-22)28-13-19-18(25(28)32)2-1-3-21(19)34-14-17-6-4-16(5-7-17)12-27-10-11-33-15-23(27)30/h1-7,20H,8-15H2,(H,26,29,31)/i4D,5D,12D2,14D. The molecule has 0 saturated carbocycles. The zero-order chi connectivity index (χ0) is 28.1. The first-order chi connectivity index (χ1) is 18.5. The number of imide groups is 1. The van der Waals surface area contributed by atoms with Crippen LogP contribution in [0.15, 0.2) is 42.4 Å². The first-order valence-corrected chi connectivity index (χ1v) is 10.8. The van der Waals surface area contributed by atoms with Gasteiger partial charge in [0.1, 0.15) is 25.0 Å². The highest BCUT2D eigenvalue weighted by Crippen LogP contribution is 2.34. The summed E-state index contributed by atoms with van der Waals surface area (Å²) in [5.74, 6) is -1.70. The van der Waals surface area contributed by atoms with E-state index in [1.165, 1.54) is 17.0 Å². The molecule has 5 rings (SSSR count). The summed E-state index contributed by atoms with van der Waals surface area (Å²) in [5, 5.41) is 2.25. The molecule has 9 nitrogen and oxygen atoms in total. The third-order valence-corrected chi connectivity index (χ3v) is 5.86. The highest BCUT2D eigenvalue weighted by atomic mass is 16.5. The average molecular weight is 469 g/mol. The molecule has 0 bridgehead atoms. The van der Waals surface area contributed by atoms with Crippen molar-refractivity contribution in [2.75, 3.05) is 19.8 Å². The molecule has 0 aliphatic carbocycles. The predicted molar refractivity (Wildman–Crippen MR) is 119 cm³/mol. The Balaban J connectivity index is 1.37. The number of nitrogens with one attached hydrogen (secondary N) is 1. The Kier molecular flexibility index (Phi) is 4.58. The summed E-state index contributed by atoms with van der Waals surface area (Å²) >= 11 is 0. The predicted octanol–water partition coefficient (Wildman–Crippen LogP) is 1.39. The molecule has 34 heavy (non-hydrogen) atoms. The molecule has 0 spiro atoms. The maximum absolute atomic E-state index is 13.0. The summed E-state index contributed by atoms with van der Waals surface area (Å²) in [6.07, 6.45) is 0.323. The van der Waals surface area contributed by atoms with Crippen molar-refractivity contribution in [3.8, 4) is 5.75 Å². The second-order valence-corrected chi connectivity index (χ2v) is 8.08. The minimum atomic E-state index is -2.42. The van der Waals surface area contributed by atoms with Gasteiger partial charge in [-0.15, -0.1) is 0 Å². The fourth-order valence-corrected chi connectivity index (χ4v) is 4.10. The molecule has 2 fully saturated rings. The minimum Gasteiger partial charge on any atom is -0.489 e. The molecule has 2 aromatic carbocycles. The van der Waals surface area contributed by atoms with Gasteiger partial charge in [-0.2, -0.15) is 0 Å². The molecule has 2 atom stereocenters. The van der Waals surface area contributed by atoms with Crippen LogP contribution in [0, 0.1) is 0 Å². The van der Waals surface area contributed by atoms with Crippen molar-refractivity contribution in [1.82, 2.24) is 15.1 Å². The van der Waals surface area contributed by atoms with Crippen molar-refractivity contribution in [2.45, 2.75) is 38.5 Å². The Morgan fingerprint density at radius 2 is 1.97 bits per heavy atom. The Morgan fingerprint density at radius 1 is 1.15 bits per heavy atom. The summed E-state index contributed by atoms with van der Waals surface area (Å²) < 4.78 is 53.2. The lowest BCUT2D eigenvalue weighted by atomic mass is 10.0. The Hall–Kier alpha value is -3.72. The third-order valence-electron chi connectivity index (χ3n) is 5.86. The van der Waals surface area contributed by atoms with Crippen molar-refractivity contribution in [1.29, 1.82) is 0 Å². The van der Waals surface area contributed by atoms with Crippen LogP contribution >= 0.6 is 0 Å². The van der Waals surface area contributed by atoms with Gasteiger partial charge in [0.05, 0.1) is 20.0 Å². The molecule has 3 aliphatic heterocycles. The number of benzene rings is 2. The van der Waals surface area contributed by atoms with Gasteiger partial charge in [0.2, 0.25) is 17.7 Å². The minimum absolute atomic E-state index is 0.0235. The maximum atomic E-state index is 13.0. The lowest BCUT2D eigenvalue weighted by Crippen LogP contribution is -2.52. The molecule has 2 saturated heterocycles. The lowest BCUT2D eigenvalue weighted by molar-refractivity contribution is -0.143. The van der Waals surface area contributed by atoms with E-state index in [1.54, 1.807) is 18.2 Å². The molecule has 0 aromatic heterocycles. The maximum Gasteiger partial charge on any atom is 0.255 e. The first kappa shape index (κ1) is 16.8. The number of rotatable bonds is 6. The van der Waals surface area contributed by atoms with Gasteiger partial charge < -0.3 is 19.3 Å². The van der Waals surface area contributed by atoms with Gasteiger partial charge in [0.15, 0.2) is 0 Å². The molecule has 3 aliphatic rings. The number of hydrogen-bond acceptors (Lipinski definition) is 6. The number of carbonyl (C=O) groups excluding carboxylic acids is 4. The van der Waals surface area contributed by atoms with Gasteiger partial charge in [0, 0.05) is 30.6 Å². The smallest absolute Gasteiger partial charge is 0.255 e. The van der Waals surface area contributed by atoms with Crippen LogP contribution in [-0.4, -0.2) is 59.2 Å². The first-order valence-electron chi connectivity index (χ1n) is 13.4. The SMILES string of the molecule is [2H]c1cc(C([2H])Oc2cccc3c2CN(C2CCC(=O)NC2=O)C3=O)cc([2H])c1C([2H])([2H])N1CCOCC1=O. The van der Waals surface area contributed by atoms with Crippen LogP contribution in [0.1, 0.15) is 46.7 Å². The van der Waals surface area contributed by atoms with Crippen LogP contribution < -0.4 is 10.1 Å². The zero-order valence-electron chi connectivity index (χ0n) is 23.1. The second-order valence-electron chi connectivity index (χ2n) is 8.08. The number of fused-ring (bicyclic) bond motifs is 1. The third kappa shape index (κ3) is 4.38. The van der Waals surface area contributed by atoms with Gasteiger partial charge in [-0.3, -0.25) is 24.5 Å². The van der Waals surface area contributed by atoms with Gasteiger partial charge >= 0.3 is 0 Å². The number of carbonyl (C=O) groups is 4. The number of nitrogens with zero attached hydrogens (tertiary/aromatic N) is 2. The summed E-state index contributed by atoms with van der Waals surface area (Å²) in [7, 11) is 0. The number of hydrogen-bond donors (Lipinski definition) is 1. The van der Waals surface area contributed by atoms with E-state index in [2.05, 4.69) is 5.32 Å². The molecule has 3 heterocycles. The molecule has 2 unspecified atom stereocenters. The van der Waals surface area contributed by atoms with E-state index in [-0.39, 0.29) is 74.0 Å². The van der Waals surface area contributed by atoms with Crippen LogP contribution in [0.25, 0.3) is 0 Å². The van der Waals surface area contributed by atoms with E-state index >= 15 is 0 Å². The van der Waals surface area contributed by atoms with Crippen molar-refractivity contribution < 1.29 is 35.5 Å². The monoisotopic (exact) mass is 468 g/mol. The number of ether oxygens (including phenoxy) is 2. The van der Waals surface area contributed by atoms with E-state index in [0.29, 0.717) is 11.1 Å². The van der Waals surface area contributed by atoms with E-state index in [9.17, 15) is 19.2 Å². The molecule has 1 N–H and O–H groups in total. The molecule has 9 heteroatoms. The van der Waals surface area contributed by atoms with E-state index in [4.69, 9.17) is 16.3 Å². The lowest BCUT2D eigenvalue weighted by Gasteiger charge is -2.29. The largest absolute Gasteiger partial charge is 0.489 e.